The van der Waals surface area contributed by atoms with Crippen LogP contribution in [-0.4, -0.2) is 52.8 Å². The third-order valence-electron chi connectivity index (χ3n) is 5.26. The van der Waals surface area contributed by atoms with Crippen LogP contribution in [0, 0.1) is 0 Å². The number of para-hydroxylation sites is 1. The molecule has 0 radical (unpaired) electrons. The predicted octanol–water partition coefficient (Wildman–Crippen LogP) is 3.89. The zero-order valence-corrected chi connectivity index (χ0v) is 20.0. The standard InChI is InChI=1S/C25H23N3O6S/c1-3-34-23(30)15-27-13-16(19-6-4-5-7-20(19)27)12-21-24(31)28(25(32)35-21)14-22(29)26-17-8-10-18(33-2)11-9-17/h4-13H,3,14-15H2,1-2H3,(H,26,29)/b21-12+. The maximum Gasteiger partial charge on any atom is 0.325 e. The van der Waals surface area contributed by atoms with E-state index < -0.39 is 23.6 Å². The van der Waals surface area contributed by atoms with Crippen molar-refractivity contribution in [3.63, 3.8) is 0 Å². The van der Waals surface area contributed by atoms with Crippen molar-refractivity contribution in [3.8, 4) is 5.75 Å². The lowest BCUT2D eigenvalue weighted by Crippen LogP contribution is -2.36. The van der Waals surface area contributed by atoms with Crippen LogP contribution in [0.25, 0.3) is 17.0 Å². The van der Waals surface area contributed by atoms with Gasteiger partial charge in [0.15, 0.2) is 0 Å². The molecule has 1 aliphatic heterocycles. The van der Waals surface area contributed by atoms with Crippen LogP contribution in [0.1, 0.15) is 12.5 Å². The Morgan fingerprint density at radius 3 is 2.51 bits per heavy atom. The van der Waals surface area contributed by atoms with Gasteiger partial charge in [-0.1, -0.05) is 18.2 Å². The van der Waals surface area contributed by atoms with Gasteiger partial charge in [-0.3, -0.25) is 24.1 Å². The number of aromatic nitrogens is 1. The van der Waals surface area contributed by atoms with Crippen LogP contribution >= 0.6 is 11.8 Å². The molecule has 4 rings (SSSR count). The summed E-state index contributed by atoms with van der Waals surface area (Å²) in [6, 6.07) is 14.1. The van der Waals surface area contributed by atoms with Gasteiger partial charge in [-0.2, -0.15) is 0 Å². The normalized spacial score (nSPS) is 14.6. The average Bonchev–Trinajstić information content (AvgIpc) is 3.31. The van der Waals surface area contributed by atoms with E-state index in [9.17, 15) is 19.2 Å². The number of rotatable bonds is 8. The number of imide groups is 1. The Labute approximate surface area is 205 Å². The Balaban J connectivity index is 1.51. The molecule has 0 aliphatic carbocycles. The number of ether oxygens (including phenoxy) is 2. The molecule has 9 nitrogen and oxygen atoms in total. The minimum atomic E-state index is -0.549. The molecule has 2 heterocycles. The summed E-state index contributed by atoms with van der Waals surface area (Å²) in [6.07, 6.45) is 3.35. The highest BCUT2D eigenvalue weighted by molar-refractivity contribution is 8.18. The van der Waals surface area contributed by atoms with Gasteiger partial charge in [0, 0.05) is 28.4 Å². The molecule has 2 aromatic carbocycles. The van der Waals surface area contributed by atoms with Gasteiger partial charge >= 0.3 is 5.97 Å². The molecule has 0 saturated carbocycles. The van der Waals surface area contributed by atoms with E-state index in [2.05, 4.69) is 5.32 Å². The second-order valence-electron chi connectivity index (χ2n) is 7.58. The van der Waals surface area contributed by atoms with Crippen molar-refractivity contribution in [2.24, 2.45) is 0 Å². The average molecular weight is 494 g/mol. The summed E-state index contributed by atoms with van der Waals surface area (Å²) >= 11 is 0.771. The minimum absolute atomic E-state index is 0.0230. The molecule has 3 amide bonds. The molecule has 1 fully saturated rings. The molecule has 3 aromatic rings. The van der Waals surface area contributed by atoms with Crippen molar-refractivity contribution in [1.29, 1.82) is 0 Å². The summed E-state index contributed by atoms with van der Waals surface area (Å²) in [5.41, 5.74) is 2.00. The number of methoxy groups -OCH3 is 1. The second-order valence-corrected chi connectivity index (χ2v) is 8.57. The maximum absolute atomic E-state index is 12.9. The van der Waals surface area contributed by atoms with Gasteiger partial charge in [0.25, 0.3) is 11.1 Å². The van der Waals surface area contributed by atoms with Crippen LogP contribution in [0.15, 0.2) is 59.6 Å². The van der Waals surface area contributed by atoms with Gasteiger partial charge < -0.3 is 19.4 Å². The fraction of sp³-hybridized carbons (Fsp3) is 0.200. The van der Waals surface area contributed by atoms with E-state index in [0.29, 0.717) is 17.0 Å². The van der Waals surface area contributed by atoms with Gasteiger partial charge in [0.2, 0.25) is 5.91 Å². The fourth-order valence-electron chi connectivity index (χ4n) is 3.66. The SMILES string of the molecule is CCOC(=O)Cn1cc(/C=C2/SC(=O)N(CC(=O)Nc3ccc(OC)cc3)C2=O)c2ccccc21. The van der Waals surface area contributed by atoms with Crippen LogP contribution in [0.4, 0.5) is 10.5 Å². The van der Waals surface area contributed by atoms with Crippen LogP contribution in [-0.2, 0) is 25.7 Å². The number of carbonyl (C=O) groups is 4. The molecule has 1 N–H and O–H groups in total. The number of nitrogens with zero attached hydrogens (tertiary/aromatic N) is 2. The lowest BCUT2D eigenvalue weighted by molar-refractivity contribution is -0.143. The fourth-order valence-corrected chi connectivity index (χ4v) is 4.49. The number of thioether (sulfide) groups is 1. The van der Waals surface area contributed by atoms with Crippen molar-refractivity contribution < 1.29 is 28.7 Å². The Hall–Kier alpha value is -4.05. The molecule has 0 spiro atoms. The summed E-state index contributed by atoms with van der Waals surface area (Å²) in [6.45, 7) is 1.64. The number of esters is 1. The van der Waals surface area contributed by atoms with Crippen LogP contribution in [0.3, 0.4) is 0 Å². The highest BCUT2D eigenvalue weighted by Crippen LogP contribution is 2.34. The van der Waals surface area contributed by atoms with Gasteiger partial charge in [0.1, 0.15) is 18.8 Å². The van der Waals surface area contributed by atoms with E-state index in [1.165, 1.54) is 0 Å². The monoisotopic (exact) mass is 493 g/mol. The second kappa shape index (κ2) is 10.5. The summed E-state index contributed by atoms with van der Waals surface area (Å²) in [4.78, 5) is 51.0. The van der Waals surface area contributed by atoms with Crippen LogP contribution in [0.5, 0.6) is 5.75 Å². The molecule has 1 saturated heterocycles. The first-order chi connectivity index (χ1) is 16.9. The molecule has 0 atom stereocenters. The summed E-state index contributed by atoms with van der Waals surface area (Å²) in [7, 11) is 1.54. The first-order valence-electron chi connectivity index (χ1n) is 10.8. The Kier molecular flexibility index (Phi) is 7.21. The van der Waals surface area contributed by atoms with Crippen molar-refractivity contribution in [1.82, 2.24) is 9.47 Å². The first-order valence-corrected chi connectivity index (χ1v) is 11.6. The van der Waals surface area contributed by atoms with Crippen molar-refractivity contribution in [2.45, 2.75) is 13.5 Å². The number of fused-ring (bicyclic) bond motifs is 1. The Morgan fingerprint density at radius 1 is 1.06 bits per heavy atom. The number of nitrogens with one attached hydrogen (secondary N) is 1. The van der Waals surface area contributed by atoms with E-state index in [1.807, 2.05) is 24.3 Å². The number of amides is 3. The van der Waals surface area contributed by atoms with Crippen LogP contribution < -0.4 is 10.1 Å². The zero-order valence-electron chi connectivity index (χ0n) is 19.1. The number of anilines is 1. The molecule has 0 bridgehead atoms. The van der Waals surface area contributed by atoms with Gasteiger partial charge in [-0.25, -0.2) is 0 Å². The Morgan fingerprint density at radius 2 is 1.80 bits per heavy atom. The third kappa shape index (κ3) is 5.38. The molecule has 10 heteroatoms. The van der Waals surface area contributed by atoms with E-state index in [0.717, 1.165) is 27.6 Å². The molecule has 1 aromatic heterocycles. The minimum Gasteiger partial charge on any atom is -0.497 e. The first kappa shape index (κ1) is 24.1. The molecule has 1 aliphatic rings. The molecule has 180 valence electrons. The molecular formula is C25H23N3O6S. The van der Waals surface area contributed by atoms with Crippen molar-refractivity contribution in [2.75, 3.05) is 25.6 Å². The number of benzene rings is 2. The largest absolute Gasteiger partial charge is 0.497 e. The van der Waals surface area contributed by atoms with Gasteiger partial charge in [0.05, 0.1) is 18.6 Å². The summed E-state index contributed by atoms with van der Waals surface area (Å²) in [5, 5.41) is 2.96. The predicted molar refractivity (Wildman–Crippen MR) is 133 cm³/mol. The highest BCUT2D eigenvalue weighted by Gasteiger charge is 2.36. The zero-order chi connectivity index (χ0) is 24.9. The van der Waals surface area contributed by atoms with Gasteiger partial charge in [-0.05, 0) is 55.1 Å². The highest BCUT2D eigenvalue weighted by atomic mass is 32.2. The number of hydrogen-bond donors (Lipinski definition) is 1. The quantitative estimate of drug-likeness (QED) is 0.375. The van der Waals surface area contributed by atoms with E-state index in [-0.39, 0.29) is 24.0 Å². The summed E-state index contributed by atoms with van der Waals surface area (Å²) < 4.78 is 11.9. The van der Waals surface area contributed by atoms with E-state index in [4.69, 9.17) is 9.47 Å². The summed E-state index contributed by atoms with van der Waals surface area (Å²) in [5.74, 6) is -0.775. The Bertz CT molecular complexity index is 1330. The smallest absolute Gasteiger partial charge is 0.325 e. The molecule has 0 unspecified atom stereocenters. The third-order valence-corrected chi connectivity index (χ3v) is 6.17. The molecule has 35 heavy (non-hydrogen) atoms. The number of carbonyl (C=O) groups excluding carboxylic acids is 4. The van der Waals surface area contributed by atoms with E-state index >= 15 is 0 Å². The lowest BCUT2D eigenvalue weighted by atomic mass is 10.1. The van der Waals surface area contributed by atoms with Crippen LogP contribution in [0.2, 0.25) is 0 Å². The lowest BCUT2D eigenvalue weighted by Gasteiger charge is -2.12. The van der Waals surface area contributed by atoms with Gasteiger partial charge in [-0.15, -0.1) is 0 Å². The topological polar surface area (TPSA) is 107 Å². The molecular weight excluding hydrogens is 470 g/mol. The maximum atomic E-state index is 12.9. The van der Waals surface area contributed by atoms with E-state index in [1.54, 1.807) is 55.1 Å². The van der Waals surface area contributed by atoms with Crippen molar-refractivity contribution in [3.05, 3.63) is 65.2 Å². The van der Waals surface area contributed by atoms with Crippen molar-refractivity contribution >= 4 is 57.5 Å². The number of hydrogen-bond acceptors (Lipinski definition) is 7.